The fourth-order valence-electron chi connectivity index (χ4n) is 1.46. The third-order valence-corrected chi connectivity index (χ3v) is 3.30. The smallest absolute Gasteiger partial charge is 0.205 e. The largest absolute Gasteiger partial charge is 0.493 e. The van der Waals surface area contributed by atoms with Crippen LogP contribution in [0, 0.1) is 5.92 Å². The minimum Gasteiger partial charge on any atom is -0.493 e. The number of benzene rings is 1. The zero-order valence-corrected chi connectivity index (χ0v) is 11.6. The molecule has 0 atom stereocenters. The number of nitrogens with one attached hydrogen (secondary N) is 1. The van der Waals surface area contributed by atoms with Gasteiger partial charge in [0.05, 0.1) is 12.2 Å². The van der Waals surface area contributed by atoms with Gasteiger partial charge in [-0.2, -0.15) is 0 Å². The van der Waals surface area contributed by atoms with E-state index >= 15 is 0 Å². The fourth-order valence-corrected chi connectivity index (χ4v) is 2.19. The number of hydrogen-bond donors (Lipinski definition) is 1. The van der Waals surface area contributed by atoms with Crippen molar-refractivity contribution in [2.45, 2.75) is 13.8 Å². The molecule has 96 valence electrons. The molecule has 1 N–H and O–H groups in total. The van der Waals surface area contributed by atoms with Crippen LogP contribution in [0.25, 0.3) is 10.6 Å². The van der Waals surface area contributed by atoms with Crippen LogP contribution in [-0.4, -0.2) is 23.9 Å². The number of nitrogens with zero attached hydrogens (tertiary/aromatic N) is 2. The molecular formula is C13H17N3OS. The van der Waals surface area contributed by atoms with Crippen molar-refractivity contribution in [3.63, 3.8) is 0 Å². The van der Waals surface area contributed by atoms with E-state index in [2.05, 4.69) is 29.4 Å². The Kier molecular flexibility index (Phi) is 4.15. The summed E-state index contributed by atoms with van der Waals surface area (Å²) in [5.74, 6) is 1.37. The quantitative estimate of drug-likeness (QED) is 0.899. The van der Waals surface area contributed by atoms with Gasteiger partial charge in [-0.1, -0.05) is 37.3 Å². The van der Waals surface area contributed by atoms with Gasteiger partial charge in [0, 0.05) is 7.05 Å². The van der Waals surface area contributed by atoms with E-state index in [9.17, 15) is 0 Å². The second-order valence-electron chi connectivity index (χ2n) is 4.36. The first-order valence-electron chi connectivity index (χ1n) is 5.94. The van der Waals surface area contributed by atoms with Crippen molar-refractivity contribution in [2.24, 2.45) is 5.92 Å². The van der Waals surface area contributed by atoms with Crippen LogP contribution in [0.15, 0.2) is 24.3 Å². The molecule has 0 aliphatic rings. The molecule has 1 aromatic carbocycles. The van der Waals surface area contributed by atoms with Gasteiger partial charge < -0.3 is 10.1 Å². The van der Waals surface area contributed by atoms with Crippen LogP contribution >= 0.6 is 11.3 Å². The summed E-state index contributed by atoms with van der Waals surface area (Å²) < 4.78 is 5.81. The van der Waals surface area contributed by atoms with Crippen molar-refractivity contribution in [3.05, 3.63) is 24.3 Å². The van der Waals surface area contributed by atoms with Crippen LogP contribution < -0.4 is 10.1 Å². The van der Waals surface area contributed by atoms with E-state index < -0.39 is 0 Å². The number of para-hydroxylation sites is 1. The highest BCUT2D eigenvalue weighted by Crippen LogP contribution is 2.33. The molecule has 0 aliphatic carbocycles. The monoisotopic (exact) mass is 263 g/mol. The molecule has 0 radical (unpaired) electrons. The summed E-state index contributed by atoms with van der Waals surface area (Å²) in [6.45, 7) is 4.97. The van der Waals surface area contributed by atoms with E-state index in [0.717, 1.165) is 21.5 Å². The van der Waals surface area contributed by atoms with Gasteiger partial charge in [-0.05, 0) is 18.1 Å². The Morgan fingerprint density at radius 2 is 2.06 bits per heavy atom. The Balaban J connectivity index is 2.26. The lowest BCUT2D eigenvalue weighted by molar-refractivity contribution is 0.272. The van der Waals surface area contributed by atoms with Gasteiger partial charge in [0.25, 0.3) is 0 Å². The third kappa shape index (κ3) is 2.98. The Morgan fingerprint density at radius 3 is 2.72 bits per heavy atom. The van der Waals surface area contributed by atoms with Crippen LogP contribution in [0.2, 0.25) is 0 Å². The standard InChI is InChI=1S/C13H17N3OS/c1-9(2)8-17-11-7-5-4-6-10(11)12-15-16-13(14-3)18-12/h4-7,9H,8H2,1-3H3,(H,14,16). The molecule has 4 nitrogen and oxygen atoms in total. The van der Waals surface area contributed by atoms with E-state index in [1.807, 2.05) is 31.3 Å². The summed E-state index contributed by atoms with van der Waals surface area (Å²) in [6.07, 6.45) is 0. The maximum Gasteiger partial charge on any atom is 0.205 e. The molecular weight excluding hydrogens is 246 g/mol. The van der Waals surface area contributed by atoms with Crippen molar-refractivity contribution >= 4 is 16.5 Å². The molecule has 0 aliphatic heterocycles. The molecule has 0 spiro atoms. The molecule has 0 bridgehead atoms. The fraction of sp³-hybridized carbons (Fsp3) is 0.385. The minimum atomic E-state index is 0.500. The Labute approximate surface area is 111 Å². The van der Waals surface area contributed by atoms with Crippen LogP contribution in [0.1, 0.15) is 13.8 Å². The molecule has 5 heteroatoms. The van der Waals surface area contributed by atoms with Crippen LogP contribution in [0.3, 0.4) is 0 Å². The average Bonchev–Trinajstić information content (AvgIpc) is 2.85. The molecule has 0 saturated heterocycles. The second kappa shape index (κ2) is 5.82. The molecule has 1 aromatic heterocycles. The normalized spacial score (nSPS) is 10.7. The van der Waals surface area contributed by atoms with E-state index in [0.29, 0.717) is 12.5 Å². The van der Waals surface area contributed by atoms with Crippen LogP contribution in [-0.2, 0) is 0 Å². The lowest BCUT2D eigenvalue weighted by atomic mass is 10.2. The number of aromatic nitrogens is 2. The summed E-state index contributed by atoms with van der Waals surface area (Å²) in [6, 6.07) is 7.94. The van der Waals surface area contributed by atoms with Crippen LogP contribution in [0.4, 0.5) is 5.13 Å². The summed E-state index contributed by atoms with van der Waals surface area (Å²) >= 11 is 1.52. The molecule has 1 heterocycles. The van der Waals surface area contributed by atoms with Gasteiger partial charge in [-0.25, -0.2) is 0 Å². The average molecular weight is 263 g/mol. The van der Waals surface area contributed by atoms with Gasteiger partial charge in [-0.3, -0.25) is 0 Å². The van der Waals surface area contributed by atoms with Crippen molar-refractivity contribution in [1.29, 1.82) is 0 Å². The van der Waals surface area contributed by atoms with Gasteiger partial charge in [-0.15, -0.1) is 10.2 Å². The van der Waals surface area contributed by atoms with E-state index in [4.69, 9.17) is 4.74 Å². The van der Waals surface area contributed by atoms with Crippen molar-refractivity contribution in [3.8, 4) is 16.3 Å². The number of ether oxygens (including phenoxy) is 1. The first-order valence-corrected chi connectivity index (χ1v) is 6.76. The highest BCUT2D eigenvalue weighted by molar-refractivity contribution is 7.18. The highest BCUT2D eigenvalue weighted by Gasteiger charge is 2.11. The number of rotatable bonds is 5. The summed E-state index contributed by atoms with van der Waals surface area (Å²) in [4.78, 5) is 0. The van der Waals surface area contributed by atoms with Gasteiger partial charge >= 0.3 is 0 Å². The molecule has 0 unspecified atom stereocenters. The zero-order chi connectivity index (χ0) is 13.0. The maximum absolute atomic E-state index is 5.81. The lowest BCUT2D eigenvalue weighted by Gasteiger charge is -2.11. The second-order valence-corrected chi connectivity index (χ2v) is 5.34. The van der Waals surface area contributed by atoms with Crippen LogP contribution in [0.5, 0.6) is 5.75 Å². The van der Waals surface area contributed by atoms with E-state index in [1.165, 1.54) is 11.3 Å². The zero-order valence-electron chi connectivity index (χ0n) is 10.8. The summed E-state index contributed by atoms with van der Waals surface area (Å²) in [7, 11) is 1.84. The van der Waals surface area contributed by atoms with Crippen molar-refractivity contribution in [1.82, 2.24) is 10.2 Å². The van der Waals surface area contributed by atoms with Gasteiger partial charge in [0.15, 0.2) is 5.01 Å². The number of anilines is 1. The predicted octanol–water partition coefficient (Wildman–Crippen LogP) is 3.28. The highest BCUT2D eigenvalue weighted by atomic mass is 32.1. The van der Waals surface area contributed by atoms with Crippen molar-refractivity contribution < 1.29 is 4.74 Å². The molecule has 2 aromatic rings. The van der Waals surface area contributed by atoms with Crippen molar-refractivity contribution in [2.75, 3.05) is 19.0 Å². The topological polar surface area (TPSA) is 47.0 Å². The molecule has 0 fully saturated rings. The maximum atomic E-state index is 5.81. The first-order chi connectivity index (χ1) is 8.70. The summed E-state index contributed by atoms with van der Waals surface area (Å²) in [5, 5.41) is 12.9. The van der Waals surface area contributed by atoms with E-state index in [1.54, 1.807) is 0 Å². The van der Waals surface area contributed by atoms with Gasteiger partial charge in [0.1, 0.15) is 5.75 Å². The number of hydrogen-bond acceptors (Lipinski definition) is 5. The molecule has 0 amide bonds. The van der Waals surface area contributed by atoms with Gasteiger partial charge in [0.2, 0.25) is 5.13 Å². The third-order valence-electron chi connectivity index (χ3n) is 2.33. The first kappa shape index (κ1) is 12.8. The minimum absolute atomic E-state index is 0.500. The molecule has 0 saturated carbocycles. The lowest BCUT2D eigenvalue weighted by Crippen LogP contribution is -2.05. The SMILES string of the molecule is CNc1nnc(-c2ccccc2OCC(C)C)s1. The Morgan fingerprint density at radius 1 is 1.28 bits per heavy atom. The molecule has 18 heavy (non-hydrogen) atoms. The summed E-state index contributed by atoms with van der Waals surface area (Å²) in [5.41, 5.74) is 0.997. The Hall–Kier alpha value is -1.62. The van der Waals surface area contributed by atoms with E-state index in [-0.39, 0.29) is 0 Å². The predicted molar refractivity (Wildman–Crippen MR) is 75.2 cm³/mol. The molecule has 2 rings (SSSR count). The Bertz CT molecular complexity index is 510.